The van der Waals surface area contributed by atoms with Gasteiger partial charge in [-0.15, -0.1) is 0 Å². The second kappa shape index (κ2) is 5.51. The lowest BCUT2D eigenvalue weighted by Crippen LogP contribution is -1.83. The molecule has 0 atom stereocenters. The number of benzene rings is 3. The highest BCUT2D eigenvalue weighted by molar-refractivity contribution is 9.10. The van der Waals surface area contributed by atoms with Gasteiger partial charge in [0.15, 0.2) is 0 Å². The summed E-state index contributed by atoms with van der Waals surface area (Å²) < 4.78 is 0.727. The van der Waals surface area contributed by atoms with Crippen molar-refractivity contribution in [2.75, 3.05) is 0 Å². The van der Waals surface area contributed by atoms with Gasteiger partial charge in [0.25, 0.3) is 0 Å². The Morgan fingerprint density at radius 3 is 2.10 bits per heavy atom. The highest BCUT2D eigenvalue weighted by Crippen LogP contribution is 2.36. The van der Waals surface area contributed by atoms with Gasteiger partial charge in [0.2, 0.25) is 0 Å². The molecule has 0 radical (unpaired) electrons. The first kappa shape index (κ1) is 12.9. The molecule has 1 N–H and O–H groups in total. The first-order valence-electron chi connectivity index (χ1n) is 6.39. The quantitative estimate of drug-likeness (QED) is 0.661. The Morgan fingerprint density at radius 2 is 1.30 bits per heavy atom. The zero-order valence-electron chi connectivity index (χ0n) is 10.8. The van der Waals surface area contributed by atoms with Crippen molar-refractivity contribution in [1.29, 1.82) is 0 Å². The van der Waals surface area contributed by atoms with Crippen LogP contribution in [0, 0.1) is 0 Å². The minimum absolute atomic E-state index is 0.257. The lowest BCUT2D eigenvalue weighted by molar-refractivity contribution is 0.472. The van der Waals surface area contributed by atoms with E-state index in [2.05, 4.69) is 40.2 Å². The van der Waals surface area contributed by atoms with Crippen LogP contribution in [0.1, 0.15) is 0 Å². The number of halogens is 1. The van der Waals surface area contributed by atoms with Gasteiger partial charge >= 0.3 is 0 Å². The van der Waals surface area contributed by atoms with E-state index in [0.717, 1.165) is 15.6 Å². The molecule has 0 fully saturated rings. The second-order valence-electron chi connectivity index (χ2n) is 4.59. The third-order valence-corrected chi connectivity index (χ3v) is 4.09. The molecule has 98 valence electrons. The van der Waals surface area contributed by atoms with Gasteiger partial charge in [-0.2, -0.15) is 0 Å². The average molecular weight is 325 g/mol. The molecule has 3 rings (SSSR count). The lowest BCUT2D eigenvalue weighted by Gasteiger charge is -2.09. The Bertz CT molecular complexity index is 735. The van der Waals surface area contributed by atoms with E-state index in [1.165, 1.54) is 11.1 Å². The second-order valence-corrected chi connectivity index (χ2v) is 5.38. The van der Waals surface area contributed by atoms with E-state index >= 15 is 0 Å². The molecule has 0 saturated carbocycles. The van der Waals surface area contributed by atoms with Gasteiger partial charge in [-0.3, -0.25) is 0 Å². The van der Waals surface area contributed by atoms with Gasteiger partial charge in [0.05, 0.1) is 4.47 Å². The molecular weight excluding hydrogens is 312 g/mol. The van der Waals surface area contributed by atoms with Crippen LogP contribution in [0.25, 0.3) is 22.3 Å². The number of phenols is 1. The van der Waals surface area contributed by atoms with Crippen molar-refractivity contribution in [3.05, 3.63) is 77.3 Å². The zero-order chi connectivity index (χ0) is 13.9. The molecule has 2 heteroatoms. The van der Waals surface area contributed by atoms with Crippen LogP contribution in [0.4, 0.5) is 0 Å². The standard InChI is InChI=1S/C18H13BrO/c19-18-16(10-5-11-17(18)20)15-9-4-8-14(12-15)13-6-2-1-3-7-13/h1-12,20H. The smallest absolute Gasteiger partial charge is 0.130 e. The van der Waals surface area contributed by atoms with E-state index in [4.69, 9.17) is 0 Å². The predicted molar refractivity (Wildman–Crippen MR) is 86.7 cm³/mol. The van der Waals surface area contributed by atoms with Gasteiger partial charge in [-0.1, -0.05) is 60.7 Å². The minimum atomic E-state index is 0.257. The van der Waals surface area contributed by atoms with Crippen molar-refractivity contribution >= 4 is 15.9 Å². The van der Waals surface area contributed by atoms with Crippen molar-refractivity contribution in [2.45, 2.75) is 0 Å². The maximum Gasteiger partial charge on any atom is 0.130 e. The summed E-state index contributed by atoms with van der Waals surface area (Å²) in [6, 6.07) is 24.1. The Balaban J connectivity index is 2.10. The lowest BCUT2D eigenvalue weighted by atomic mass is 9.99. The number of hydrogen-bond donors (Lipinski definition) is 1. The van der Waals surface area contributed by atoms with Crippen molar-refractivity contribution < 1.29 is 5.11 Å². The molecule has 0 bridgehead atoms. The zero-order valence-corrected chi connectivity index (χ0v) is 12.3. The Morgan fingerprint density at radius 1 is 0.650 bits per heavy atom. The Labute approximate surface area is 126 Å². The van der Waals surface area contributed by atoms with Crippen LogP contribution < -0.4 is 0 Å². The topological polar surface area (TPSA) is 20.2 Å². The van der Waals surface area contributed by atoms with Gasteiger partial charge in [-0.05, 0) is 50.3 Å². The monoisotopic (exact) mass is 324 g/mol. The number of aromatic hydroxyl groups is 1. The molecule has 0 amide bonds. The number of rotatable bonds is 2. The first-order chi connectivity index (χ1) is 9.75. The van der Waals surface area contributed by atoms with Crippen LogP contribution in [0.5, 0.6) is 5.75 Å². The molecule has 0 spiro atoms. The molecule has 0 unspecified atom stereocenters. The maximum absolute atomic E-state index is 9.80. The number of phenolic OH excluding ortho intramolecular Hbond substituents is 1. The Hall–Kier alpha value is -2.06. The summed E-state index contributed by atoms with van der Waals surface area (Å²) in [4.78, 5) is 0. The highest BCUT2D eigenvalue weighted by atomic mass is 79.9. The normalized spacial score (nSPS) is 10.4. The highest BCUT2D eigenvalue weighted by Gasteiger charge is 2.07. The van der Waals surface area contributed by atoms with E-state index in [1.54, 1.807) is 6.07 Å². The molecule has 20 heavy (non-hydrogen) atoms. The largest absolute Gasteiger partial charge is 0.507 e. The molecule has 0 aliphatic heterocycles. The van der Waals surface area contributed by atoms with Crippen LogP contribution in [-0.2, 0) is 0 Å². The third-order valence-electron chi connectivity index (χ3n) is 3.26. The van der Waals surface area contributed by atoms with E-state index < -0.39 is 0 Å². The summed E-state index contributed by atoms with van der Waals surface area (Å²) in [6.07, 6.45) is 0. The average Bonchev–Trinajstić information content (AvgIpc) is 2.51. The molecular formula is C18H13BrO. The molecule has 0 aliphatic carbocycles. The third kappa shape index (κ3) is 2.47. The fourth-order valence-electron chi connectivity index (χ4n) is 2.24. The first-order valence-corrected chi connectivity index (χ1v) is 7.18. The summed E-state index contributed by atoms with van der Waals surface area (Å²) in [5.41, 5.74) is 4.42. The summed E-state index contributed by atoms with van der Waals surface area (Å²) >= 11 is 3.45. The molecule has 0 heterocycles. The van der Waals surface area contributed by atoms with Crippen molar-refractivity contribution in [3.8, 4) is 28.0 Å². The molecule has 0 aliphatic rings. The predicted octanol–water partition coefficient (Wildman–Crippen LogP) is 5.49. The minimum Gasteiger partial charge on any atom is -0.507 e. The van der Waals surface area contributed by atoms with Gasteiger partial charge in [0.1, 0.15) is 5.75 Å². The van der Waals surface area contributed by atoms with Crippen LogP contribution in [-0.4, -0.2) is 5.11 Å². The van der Waals surface area contributed by atoms with Gasteiger partial charge in [0, 0.05) is 0 Å². The fourth-order valence-corrected chi connectivity index (χ4v) is 2.73. The van der Waals surface area contributed by atoms with E-state index in [0.29, 0.717) is 0 Å². The van der Waals surface area contributed by atoms with Crippen LogP contribution in [0.3, 0.4) is 0 Å². The molecule has 0 saturated heterocycles. The summed E-state index contributed by atoms with van der Waals surface area (Å²) in [5.74, 6) is 0.257. The SMILES string of the molecule is Oc1cccc(-c2cccc(-c3ccccc3)c2)c1Br. The van der Waals surface area contributed by atoms with E-state index in [-0.39, 0.29) is 5.75 Å². The summed E-state index contributed by atoms with van der Waals surface area (Å²) in [5, 5.41) is 9.80. The molecule has 3 aromatic rings. The molecule has 1 nitrogen and oxygen atoms in total. The Kier molecular flexibility index (Phi) is 3.57. The molecule has 0 aromatic heterocycles. The fraction of sp³-hybridized carbons (Fsp3) is 0. The van der Waals surface area contributed by atoms with Crippen LogP contribution in [0.2, 0.25) is 0 Å². The van der Waals surface area contributed by atoms with E-state index in [1.807, 2.05) is 42.5 Å². The summed E-state index contributed by atoms with van der Waals surface area (Å²) in [7, 11) is 0. The van der Waals surface area contributed by atoms with E-state index in [9.17, 15) is 5.11 Å². The van der Waals surface area contributed by atoms with Crippen LogP contribution in [0.15, 0.2) is 77.3 Å². The number of hydrogen-bond acceptors (Lipinski definition) is 1. The maximum atomic E-state index is 9.80. The van der Waals surface area contributed by atoms with Crippen molar-refractivity contribution in [3.63, 3.8) is 0 Å². The van der Waals surface area contributed by atoms with Crippen molar-refractivity contribution in [2.24, 2.45) is 0 Å². The van der Waals surface area contributed by atoms with Crippen LogP contribution >= 0.6 is 15.9 Å². The van der Waals surface area contributed by atoms with Gasteiger partial charge < -0.3 is 5.11 Å². The molecule has 3 aromatic carbocycles. The van der Waals surface area contributed by atoms with Gasteiger partial charge in [-0.25, -0.2) is 0 Å². The summed E-state index contributed by atoms with van der Waals surface area (Å²) in [6.45, 7) is 0. The van der Waals surface area contributed by atoms with Crippen molar-refractivity contribution in [1.82, 2.24) is 0 Å².